The molecule has 1 aliphatic carbocycles. The van der Waals surface area contributed by atoms with Gasteiger partial charge in [0.2, 0.25) is 0 Å². The number of rotatable bonds is 2. The van der Waals surface area contributed by atoms with Crippen LogP contribution in [0.2, 0.25) is 0 Å². The van der Waals surface area contributed by atoms with Crippen molar-refractivity contribution in [3.05, 3.63) is 70.3 Å². The normalized spacial score (nSPS) is 20.7. The van der Waals surface area contributed by atoms with E-state index in [2.05, 4.69) is 0 Å². The molecule has 25 heavy (non-hydrogen) atoms. The van der Waals surface area contributed by atoms with Crippen molar-refractivity contribution in [2.24, 2.45) is 0 Å². The first-order chi connectivity index (χ1) is 12.1. The van der Waals surface area contributed by atoms with E-state index < -0.39 is 0 Å². The molecule has 1 saturated carbocycles. The predicted molar refractivity (Wildman–Crippen MR) is 103 cm³/mol. The first-order valence-electron chi connectivity index (χ1n) is 8.88. The Morgan fingerprint density at radius 1 is 1.04 bits per heavy atom. The highest BCUT2D eigenvalue weighted by molar-refractivity contribution is 6.21. The molecule has 0 spiro atoms. The Bertz CT molecular complexity index is 962. The molecule has 2 aromatic carbocycles. The van der Waals surface area contributed by atoms with E-state index in [1.165, 1.54) is 5.56 Å². The molecule has 4 rings (SSSR count). The third-order valence-corrected chi connectivity index (χ3v) is 5.63. The largest absolute Gasteiger partial charge is 0.268 e. The second-order valence-electron chi connectivity index (χ2n) is 6.87. The average Bonchev–Trinajstić information content (AvgIpc) is 2.63. The van der Waals surface area contributed by atoms with Crippen molar-refractivity contribution in [1.29, 1.82) is 0 Å². The Labute approximate surface area is 152 Å². The highest BCUT2D eigenvalue weighted by atomic mass is 35.5. The fourth-order valence-corrected chi connectivity index (χ4v) is 4.11. The molecule has 3 nitrogen and oxygen atoms in total. The van der Waals surface area contributed by atoms with Crippen LogP contribution in [0, 0.1) is 6.92 Å². The van der Waals surface area contributed by atoms with E-state index in [-0.39, 0.29) is 16.9 Å². The van der Waals surface area contributed by atoms with Crippen molar-refractivity contribution in [3.63, 3.8) is 0 Å². The molecule has 0 amide bonds. The Morgan fingerprint density at radius 3 is 2.52 bits per heavy atom. The molecule has 3 aromatic rings. The van der Waals surface area contributed by atoms with Crippen LogP contribution in [0.15, 0.2) is 53.3 Å². The summed E-state index contributed by atoms with van der Waals surface area (Å²) in [5.41, 5.74) is 2.76. The molecule has 0 aliphatic heterocycles. The summed E-state index contributed by atoms with van der Waals surface area (Å²) in [5, 5.41) is 0.673. The van der Waals surface area contributed by atoms with Crippen LogP contribution in [0.1, 0.15) is 43.0 Å². The summed E-state index contributed by atoms with van der Waals surface area (Å²) >= 11 is 6.65. The lowest BCUT2D eigenvalue weighted by Crippen LogP contribution is -2.30. The highest BCUT2D eigenvalue weighted by Crippen LogP contribution is 2.36. The van der Waals surface area contributed by atoms with Gasteiger partial charge in [-0.1, -0.05) is 42.7 Å². The summed E-state index contributed by atoms with van der Waals surface area (Å²) in [7, 11) is 0. The van der Waals surface area contributed by atoms with Gasteiger partial charge >= 0.3 is 0 Å². The van der Waals surface area contributed by atoms with Gasteiger partial charge in [-0.2, -0.15) is 0 Å². The number of halogens is 1. The lowest BCUT2D eigenvalue weighted by Gasteiger charge is -2.28. The molecular weight excluding hydrogens is 332 g/mol. The second kappa shape index (κ2) is 6.64. The second-order valence-corrected chi connectivity index (χ2v) is 7.43. The van der Waals surface area contributed by atoms with E-state index >= 15 is 0 Å². The van der Waals surface area contributed by atoms with Gasteiger partial charge in [-0.25, -0.2) is 4.98 Å². The lowest BCUT2D eigenvalue weighted by atomic mass is 9.87. The zero-order chi connectivity index (χ0) is 17.4. The molecule has 2 atom stereocenters. The van der Waals surface area contributed by atoms with Crippen LogP contribution >= 0.6 is 11.6 Å². The number of fused-ring (bicyclic) bond motifs is 1. The standard InChI is InChI=1S/C21H21ClN2O/c1-14-10-12-15(13-11-14)24-20(16-6-2-4-8-18(16)22)23-19-9-5-3-7-17(19)21(24)25/h3,5,7,9-13,16,18H,2,4,6,8H2,1H3/t16-,18-/m1/s1. The third-order valence-electron chi connectivity index (χ3n) is 5.11. The highest BCUT2D eigenvalue weighted by Gasteiger charge is 2.29. The maximum absolute atomic E-state index is 13.3. The van der Waals surface area contributed by atoms with Crippen LogP contribution in [0.3, 0.4) is 0 Å². The van der Waals surface area contributed by atoms with Gasteiger partial charge in [-0.3, -0.25) is 9.36 Å². The molecule has 0 N–H and O–H groups in total. The zero-order valence-corrected chi connectivity index (χ0v) is 15.0. The number of hydrogen-bond acceptors (Lipinski definition) is 2. The summed E-state index contributed by atoms with van der Waals surface area (Å²) < 4.78 is 1.77. The first kappa shape index (κ1) is 16.3. The monoisotopic (exact) mass is 352 g/mol. The average molecular weight is 353 g/mol. The SMILES string of the molecule is Cc1ccc(-n2c([C@@H]3CCCC[C@H]3Cl)nc3ccccc3c2=O)cc1. The molecule has 0 unspecified atom stereocenters. The number of aryl methyl sites for hydroxylation is 1. The minimum atomic E-state index is -0.0149. The number of hydrogen-bond donors (Lipinski definition) is 0. The maximum atomic E-state index is 13.3. The van der Waals surface area contributed by atoms with Gasteiger partial charge in [0.1, 0.15) is 5.82 Å². The quantitative estimate of drug-likeness (QED) is 0.611. The van der Waals surface area contributed by atoms with E-state index in [4.69, 9.17) is 16.6 Å². The van der Waals surface area contributed by atoms with E-state index in [0.29, 0.717) is 5.39 Å². The zero-order valence-electron chi connectivity index (χ0n) is 14.3. The van der Waals surface area contributed by atoms with Crippen molar-refractivity contribution in [3.8, 4) is 5.69 Å². The Morgan fingerprint density at radius 2 is 1.76 bits per heavy atom. The van der Waals surface area contributed by atoms with Crippen LogP contribution in [0.25, 0.3) is 16.6 Å². The van der Waals surface area contributed by atoms with Crippen molar-refractivity contribution >= 4 is 22.5 Å². The van der Waals surface area contributed by atoms with Gasteiger partial charge in [0.05, 0.1) is 16.6 Å². The minimum absolute atomic E-state index is 0.0149. The van der Waals surface area contributed by atoms with Gasteiger partial charge < -0.3 is 0 Å². The molecule has 128 valence electrons. The van der Waals surface area contributed by atoms with E-state index in [1.807, 2.05) is 55.5 Å². The van der Waals surface area contributed by atoms with E-state index in [9.17, 15) is 4.79 Å². The number of benzene rings is 2. The lowest BCUT2D eigenvalue weighted by molar-refractivity contribution is 0.429. The van der Waals surface area contributed by atoms with Gasteiger partial charge in [0.25, 0.3) is 5.56 Å². The van der Waals surface area contributed by atoms with Crippen LogP contribution in [0.4, 0.5) is 0 Å². The van der Waals surface area contributed by atoms with Crippen molar-refractivity contribution in [1.82, 2.24) is 9.55 Å². The summed E-state index contributed by atoms with van der Waals surface area (Å²) in [6.07, 6.45) is 4.23. The van der Waals surface area contributed by atoms with Crippen LogP contribution in [-0.4, -0.2) is 14.9 Å². The summed E-state index contributed by atoms with van der Waals surface area (Å²) in [6, 6.07) is 15.6. The predicted octanol–water partition coefficient (Wildman–Crippen LogP) is 4.96. The smallest absolute Gasteiger partial charge is 0.265 e. The van der Waals surface area contributed by atoms with E-state index in [0.717, 1.165) is 42.7 Å². The molecule has 0 saturated heterocycles. The maximum Gasteiger partial charge on any atom is 0.265 e. The van der Waals surface area contributed by atoms with Crippen molar-refractivity contribution in [2.45, 2.75) is 43.9 Å². The Hall–Kier alpha value is -2.13. The van der Waals surface area contributed by atoms with Crippen molar-refractivity contribution in [2.75, 3.05) is 0 Å². The molecule has 1 aromatic heterocycles. The minimum Gasteiger partial charge on any atom is -0.268 e. The van der Waals surface area contributed by atoms with Gasteiger partial charge in [0, 0.05) is 11.3 Å². The molecule has 0 bridgehead atoms. The molecule has 1 fully saturated rings. The van der Waals surface area contributed by atoms with Crippen LogP contribution in [0.5, 0.6) is 0 Å². The molecule has 1 heterocycles. The number of aromatic nitrogens is 2. The first-order valence-corrected chi connectivity index (χ1v) is 9.31. The van der Waals surface area contributed by atoms with Crippen LogP contribution in [-0.2, 0) is 0 Å². The number of para-hydroxylation sites is 1. The fraction of sp³-hybridized carbons (Fsp3) is 0.333. The Kier molecular flexibility index (Phi) is 4.34. The summed E-state index contributed by atoms with van der Waals surface area (Å²) in [6.45, 7) is 2.04. The van der Waals surface area contributed by atoms with Crippen molar-refractivity contribution < 1.29 is 0 Å². The molecular formula is C21H21ClN2O. The van der Waals surface area contributed by atoms with Gasteiger partial charge in [-0.05, 0) is 44.0 Å². The number of nitrogens with zero attached hydrogens (tertiary/aromatic N) is 2. The molecule has 1 aliphatic rings. The Balaban J connectivity index is 2.00. The van der Waals surface area contributed by atoms with Crippen LogP contribution < -0.4 is 5.56 Å². The van der Waals surface area contributed by atoms with E-state index in [1.54, 1.807) is 4.57 Å². The third kappa shape index (κ3) is 2.98. The number of alkyl halides is 1. The molecule has 0 radical (unpaired) electrons. The fourth-order valence-electron chi connectivity index (χ4n) is 3.72. The topological polar surface area (TPSA) is 34.9 Å². The summed E-state index contributed by atoms with van der Waals surface area (Å²) in [4.78, 5) is 18.2. The van der Waals surface area contributed by atoms with Gasteiger partial charge in [0.15, 0.2) is 0 Å². The summed E-state index contributed by atoms with van der Waals surface area (Å²) in [5.74, 6) is 0.904. The van der Waals surface area contributed by atoms with Gasteiger partial charge in [-0.15, -0.1) is 11.6 Å². The molecule has 4 heteroatoms.